The average molecular weight is 259 g/mol. The van der Waals surface area contributed by atoms with Crippen molar-refractivity contribution < 1.29 is 0 Å². The molecule has 3 aromatic rings. The Hall–Kier alpha value is -2.07. The minimum atomic E-state index is 0.475. The first-order chi connectivity index (χ1) is 8.70. The van der Waals surface area contributed by atoms with Crippen LogP contribution in [-0.4, -0.2) is 15.0 Å². The molecular weight excluding hydrogens is 248 g/mol. The average Bonchev–Trinajstić information content (AvgIpc) is 2.70. The van der Waals surface area contributed by atoms with Gasteiger partial charge in [-0.25, -0.2) is 9.97 Å². The van der Waals surface area contributed by atoms with E-state index in [0.29, 0.717) is 17.9 Å². The van der Waals surface area contributed by atoms with Gasteiger partial charge in [-0.15, -0.1) is 0 Å². The van der Waals surface area contributed by atoms with Crippen molar-refractivity contribution in [1.82, 2.24) is 15.0 Å². The van der Waals surface area contributed by atoms with E-state index < -0.39 is 0 Å². The maximum atomic E-state index is 5.95. The second-order valence-corrected chi connectivity index (χ2v) is 4.53. The van der Waals surface area contributed by atoms with Crippen LogP contribution in [-0.2, 0) is 6.42 Å². The molecule has 0 unspecified atom stereocenters. The van der Waals surface area contributed by atoms with Crippen LogP contribution in [0.1, 0.15) is 11.4 Å². The molecule has 2 aromatic heterocycles. The number of aromatic amines is 1. The van der Waals surface area contributed by atoms with Gasteiger partial charge in [0.2, 0.25) is 0 Å². The summed E-state index contributed by atoms with van der Waals surface area (Å²) in [4.78, 5) is 11.8. The molecule has 2 heterocycles. The molecule has 90 valence electrons. The molecular formula is C13H11ClN4. The fraction of sp³-hybridized carbons (Fsp3) is 0.0769. The number of hydrogen-bond acceptors (Lipinski definition) is 3. The maximum absolute atomic E-state index is 5.95. The Morgan fingerprint density at radius 3 is 2.89 bits per heavy atom. The van der Waals surface area contributed by atoms with E-state index in [1.54, 1.807) is 6.07 Å². The van der Waals surface area contributed by atoms with Gasteiger partial charge in [-0.2, -0.15) is 0 Å². The molecule has 3 rings (SSSR count). The number of nitrogens with two attached hydrogens (primary N) is 1. The number of anilines is 1. The number of nitrogen functional groups attached to an aromatic ring is 1. The SMILES string of the molecule is Nc1ccc2[nH]c(Cc3cccc(Cl)c3)nc2n1. The van der Waals surface area contributed by atoms with Gasteiger partial charge in [0.05, 0.1) is 5.52 Å². The van der Waals surface area contributed by atoms with Crippen LogP contribution in [0.25, 0.3) is 11.2 Å². The lowest BCUT2D eigenvalue weighted by atomic mass is 10.1. The van der Waals surface area contributed by atoms with Gasteiger partial charge in [-0.1, -0.05) is 23.7 Å². The molecule has 18 heavy (non-hydrogen) atoms. The number of pyridine rings is 1. The Bertz CT molecular complexity index is 705. The predicted octanol–water partition coefficient (Wildman–Crippen LogP) is 2.78. The number of H-pyrrole nitrogens is 1. The van der Waals surface area contributed by atoms with Gasteiger partial charge in [0.25, 0.3) is 0 Å². The number of halogens is 1. The number of benzene rings is 1. The first-order valence-electron chi connectivity index (χ1n) is 5.56. The Morgan fingerprint density at radius 2 is 2.06 bits per heavy atom. The minimum absolute atomic E-state index is 0.475. The van der Waals surface area contributed by atoms with E-state index in [9.17, 15) is 0 Å². The number of aromatic nitrogens is 3. The second kappa shape index (κ2) is 4.31. The van der Waals surface area contributed by atoms with Gasteiger partial charge >= 0.3 is 0 Å². The lowest BCUT2D eigenvalue weighted by Gasteiger charge is -1.98. The van der Waals surface area contributed by atoms with E-state index in [0.717, 1.165) is 21.9 Å². The molecule has 0 saturated heterocycles. The molecule has 0 bridgehead atoms. The molecule has 0 saturated carbocycles. The summed E-state index contributed by atoms with van der Waals surface area (Å²) in [6, 6.07) is 11.4. The molecule has 1 aromatic carbocycles. The van der Waals surface area contributed by atoms with Crippen LogP contribution in [0.2, 0.25) is 5.02 Å². The Morgan fingerprint density at radius 1 is 1.17 bits per heavy atom. The summed E-state index contributed by atoms with van der Waals surface area (Å²) in [7, 11) is 0. The third-order valence-corrected chi connectivity index (χ3v) is 2.91. The molecule has 3 N–H and O–H groups in total. The van der Waals surface area contributed by atoms with Gasteiger partial charge in [0, 0.05) is 11.4 Å². The summed E-state index contributed by atoms with van der Waals surface area (Å²) in [5, 5.41) is 0.728. The van der Waals surface area contributed by atoms with Crippen LogP contribution in [0.15, 0.2) is 36.4 Å². The number of fused-ring (bicyclic) bond motifs is 1. The highest BCUT2D eigenvalue weighted by Gasteiger charge is 2.05. The second-order valence-electron chi connectivity index (χ2n) is 4.10. The van der Waals surface area contributed by atoms with Crippen LogP contribution in [0.4, 0.5) is 5.82 Å². The van der Waals surface area contributed by atoms with Crippen molar-refractivity contribution in [2.45, 2.75) is 6.42 Å². The Balaban J connectivity index is 1.95. The van der Waals surface area contributed by atoms with Gasteiger partial charge in [0.15, 0.2) is 5.65 Å². The topological polar surface area (TPSA) is 67.6 Å². The predicted molar refractivity (Wildman–Crippen MR) is 72.6 cm³/mol. The Labute approximate surface area is 109 Å². The van der Waals surface area contributed by atoms with Crippen LogP contribution in [0.3, 0.4) is 0 Å². The summed E-state index contributed by atoms with van der Waals surface area (Å²) >= 11 is 5.95. The third-order valence-electron chi connectivity index (χ3n) is 2.68. The van der Waals surface area contributed by atoms with E-state index in [1.165, 1.54) is 0 Å². The van der Waals surface area contributed by atoms with Crippen LogP contribution in [0.5, 0.6) is 0 Å². The van der Waals surface area contributed by atoms with E-state index in [1.807, 2.05) is 30.3 Å². The number of imidazole rings is 1. The van der Waals surface area contributed by atoms with Crippen molar-refractivity contribution in [2.24, 2.45) is 0 Å². The lowest BCUT2D eigenvalue weighted by Crippen LogP contribution is -1.90. The van der Waals surface area contributed by atoms with E-state index >= 15 is 0 Å². The number of nitrogens with one attached hydrogen (secondary N) is 1. The zero-order chi connectivity index (χ0) is 12.5. The van der Waals surface area contributed by atoms with Crippen molar-refractivity contribution in [2.75, 3.05) is 5.73 Å². The van der Waals surface area contributed by atoms with Crippen molar-refractivity contribution in [3.63, 3.8) is 0 Å². The quantitative estimate of drug-likeness (QED) is 0.743. The number of nitrogens with zero attached hydrogens (tertiary/aromatic N) is 2. The molecule has 0 aliphatic rings. The highest BCUT2D eigenvalue weighted by Crippen LogP contribution is 2.16. The van der Waals surface area contributed by atoms with Gasteiger partial charge in [-0.05, 0) is 29.8 Å². The molecule has 0 radical (unpaired) electrons. The fourth-order valence-corrected chi connectivity index (χ4v) is 2.09. The lowest BCUT2D eigenvalue weighted by molar-refractivity contribution is 1.03. The van der Waals surface area contributed by atoms with Crippen molar-refractivity contribution in [1.29, 1.82) is 0 Å². The minimum Gasteiger partial charge on any atom is -0.384 e. The largest absolute Gasteiger partial charge is 0.384 e. The summed E-state index contributed by atoms with van der Waals surface area (Å²) in [5.74, 6) is 1.33. The van der Waals surface area contributed by atoms with E-state index in [-0.39, 0.29) is 0 Å². The molecule has 0 aliphatic carbocycles. The normalized spacial score (nSPS) is 10.9. The first kappa shape index (κ1) is 11.0. The zero-order valence-corrected chi connectivity index (χ0v) is 10.3. The standard InChI is InChI=1S/C13H11ClN4/c14-9-3-1-2-8(6-9)7-12-16-10-4-5-11(15)17-13(10)18-12/h1-6H,7H2,(H3,15,16,17,18). The monoisotopic (exact) mass is 258 g/mol. The van der Waals surface area contributed by atoms with Gasteiger partial charge in [0.1, 0.15) is 11.6 Å². The first-order valence-corrected chi connectivity index (χ1v) is 5.94. The van der Waals surface area contributed by atoms with Crippen LogP contribution in [0, 0.1) is 0 Å². The molecule has 0 aliphatic heterocycles. The zero-order valence-electron chi connectivity index (χ0n) is 9.52. The maximum Gasteiger partial charge on any atom is 0.179 e. The Kier molecular flexibility index (Phi) is 2.64. The molecule has 5 heteroatoms. The molecule has 0 spiro atoms. The third kappa shape index (κ3) is 2.15. The van der Waals surface area contributed by atoms with Crippen molar-refractivity contribution >= 4 is 28.6 Å². The van der Waals surface area contributed by atoms with E-state index in [4.69, 9.17) is 17.3 Å². The van der Waals surface area contributed by atoms with Gasteiger partial charge in [-0.3, -0.25) is 0 Å². The van der Waals surface area contributed by atoms with Gasteiger partial charge < -0.3 is 10.7 Å². The molecule has 4 nitrogen and oxygen atoms in total. The fourth-order valence-electron chi connectivity index (χ4n) is 1.88. The summed E-state index contributed by atoms with van der Waals surface area (Å²) in [6.07, 6.45) is 0.691. The molecule has 0 fully saturated rings. The summed E-state index contributed by atoms with van der Waals surface area (Å²) in [6.45, 7) is 0. The van der Waals surface area contributed by atoms with Crippen LogP contribution >= 0.6 is 11.6 Å². The van der Waals surface area contributed by atoms with E-state index in [2.05, 4.69) is 15.0 Å². The van der Waals surface area contributed by atoms with Crippen LogP contribution < -0.4 is 5.73 Å². The molecule has 0 amide bonds. The summed E-state index contributed by atoms with van der Waals surface area (Å²) < 4.78 is 0. The smallest absolute Gasteiger partial charge is 0.179 e. The highest BCUT2D eigenvalue weighted by molar-refractivity contribution is 6.30. The van der Waals surface area contributed by atoms with Crippen molar-refractivity contribution in [3.8, 4) is 0 Å². The van der Waals surface area contributed by atoms with Crippen molar-refractivity contribution in [3.05, 3.63) is 52.8 Å². The number of hydrogen-bond donors (Lipinski definition) is 2. The highest BCUT2D eigenvalue weighted by atomic mass is 35.5. The molecule has 0 atom stereocenters. The summed E-state index contributed by atoms with van der Waals surface area (Å²) in [5.41, 5.74) is 8.26. The number of rotatable bonds is 2.